The lowest BCUT2D eigenvalue weighted by molar-refractivity contribution is -0.121. The van der Waals surface area contributed by atoms with Gasteiger partial charge >= 0.3 is 0 Å². The summed E-state index contributed by atoms with van der Waals surface area (Å²) in [7, 11) is 2.07. The van der Waals surface area contributed by atoms with Crippen LogP contribution < -0.4 is 5.32 Å². The number of halogens is 1. The van der Waals surface area contributed by atoms with Crippen molar-refractivity contribution in [3.05, 3.63) is 84.0 Å². The summed E-state index contributed by atoms with van der Waals surface area (Å²) in [5.74, 6) is 0.131. The number of amides is 1. The Labute approximate surface area is 241 Å². The zero-order valence-electron chi connectivity index (χ0n) is 23.4. The van der Waals surface area contributed by atoms with Gasteiger partial charge in [-0.3, -0.25) is 19.9 Å². The molecular formula is C31H30FN9O. The number of aryl methyl sites for hydroxylation is 1. The molecule has 5 aromatic rings. The molecule has 1 aromatic carbocycles. The Bertz CT molecular complexity index is 1810. The number of benzene rings is 1. The maximum Gasteiger partial charge on any atom is 0.227 e. The van der Waals surface area contributed by atoms with Gasteiger partial charge in [-0.05, 0) is 64.8 Å². The maximum atomic E-state index is 14.7. The largest absolute Gasteiger partial charge is 0.340 e. The van der Waals surface area contributed by atoms with Crippen LogP contribution in [0.2, 0.25) is 0 Å². The van der Waals surface area contributed by atoms with Gasteiger partial charge in [0.05, 0.1) is 23.0 Å². The van der Waals surface area contributed by atoms with E-state index in [0.29, 0.717) is 39.7 Å². The van der Waals surface area contributed by atoms with Crippen LogP contribution in [-0.2, 0) is 4.79 Å². The molecule has 0 radical (unpaired) electrons. The molecule has 1 aliphatic rings. The zero-order valence-corrected chi connectivity index (χ0v) is 23.4. The van der Waals surface area contributed by atoms with E-state index >= 15 is 0 Å². The lowest BCUT2D eigenvalue weighted by Crippen LogP contribution is -2.35. The fraction of sp³-hybridized carbons (Fsp3) is 0.226. The van der Waals surface area contributed by atoms with Gasteiger partial charge in [-0.15, -0.1) is 0 Å². The highest BCUT2D eigenvalue weighted by Crippen LogP contribution is 2.32. The fourth-order valence-corrected chi connectivity index (χ4v) is 5.29. The number of aliphatic imine (C=N–C) groups is 1. The van der Waals surface area contributed by atoms with Gasteiger partial charge in [0.15, 0.2) is 11.5 Å². The number of H-pyrrole nitrogens is 2. The van der Waals surface area contributed by atoms with E-state index in [9.17, 15) is 9.18 Å². The van der Waals surface area contributed by atoms with Crippen molar-refractivity contribution in [2.24, 2.45) is 10.9 Å². The lowest BCUT2D eigenvalue weighted by Gasteiger charge is -2.28. The predicted octanol–water partition coefficient (Wildman–Crippen LogP) is 5.23. The first-order valence-electron chi connectivity index (χ1n) is 13.7. The molecule has 1 amide bonds. The van der Waals surface area contributed by atoms with Gasteiger partial charge in [0.1, 0.15) is 11.5 Å². The quantitative estimate of drug-likeness (QED) is 0.233. The summed E-state index contributed by atoms with van der Waals surface area (Å²) in [6, 6.07) is 10.3. The summed E-state index contributed by atoms with van der Waals surface area (Å²) in [4.78, 5) is 36.0. The number of pyridine rings is 2. The summed E-state index contributed by atoms with van der Waals surface area (Å²) >= 11 is 0. The van der Waals surface area contributed by atoms with Crippen molar-refractivity contribution in [2.75, 3.05) is 25.5 Å². The first kappa shape index (κ1) is 27.2. The van der Waals surface area contributed by atoms with Gasteiger partial charge in [0.25, 0.3) is 0 Å². The number of hydrogen-bond acceptors (Lipinski definition) is 7. The molecule has 3 N–H and O–H groups in total. The van der Waals surface area contributed by atoms with Crippen LogP contribution in [0.4, 0.5) is 10.1 Å². The normalized spacial score (nSPS) is 14.8. The topological polar surface area (TPSA) is 128 Å². The molecule has 0 atom stereocenters. The Morgan fingerprint density at radius 3 is 2.74 bits per heavy atom. The van der Waals surface area contributed by atoms with E-state index in [1.54, 1.807) is 36.8 Å². The number of carbonyl (C=O) groups excluding carboxylic acids is 1. The molecule has 212 valence electrons. The van der Waals surface area contributed by atoms with E-state index in [0.717, 1.165) is 48.1 Å². The van der Waals surface area contributed by atoms with Crippen molar-refractivity contribution >= 4 is 34.9 Å². The van der Waals surface area contributed by atoms with Crippen molar-refractivity contribution in [3.8, 4) is 22.6 Å². The van der Waals surface area contributed by atoms with Crippen LogP contribution in [0.5, 0.6) is 0 Å². The minimum atomic E-state index is -0.381. The number of piperidine rings is 1. The van der Waals surface area contributed by atoms with E-state index in [4.69, 9.17) is 4.98 Å². The molecule has 0 aliphatic carbocycles. The molecule has 1 fully saturated rings. The van der Waals surface area contributed by atoms with Crippen molar-refractivity contribution in [1.29, 1.82) is 0 Å². The summed E-state index contributed by atoms with van der Waals surface area (Å²) in [6.07, 6.45) is 8.30. The van der Waals surface area contributed by atoms with Crippen LogP contribution in [-0.4, -0.2) is 67.8 Å². The molecule has 0 spiro atoms. The molecule has 4 aromatic heterocycles. The highest BCUT2D eigenvalue weighted by Gasteiger charge is 2.24. The van der Waals surface area contributed by atoms with Crippen LogP contribution in [0.15, 0.2) is 66.2 Å². The number of aromatic nitrogens is 6. The van der Waals surface area contributed by atoms with Gasteiger partial charge in [-0.25, -0.2) is 14.4 Å². The van der Waals surface area contributed by atoms with E-state index in [-0.39, 0.29) is 17.6 Å². The second kappa shape index (κ2) is 11.5. The second-order valence-corrected chi connectivity index (χ2v) is 10.5. The Morgan fingerprint density at radius 1 is 1.17 bits per heavy atom. The summed E-state index contributed by atoms with van der Waals surface area (Å²) < 4.78 is 14.7. The lowest BCUT2D eigenvalue weighted by atomic mass is 9.96. The third kappa shape index (κ3) is 5.34. The number of likely N-dealkylation sites (tertiary alicyclic amines) is 1. The van der Waals surface area contributed by atoms with E-state index < -0.39 is 0 Å². The summed E-state index contributed by atoms with van der Waals surface area (Å²) in [5, 5.41) is 11.2. The Balaban J connectivity index is 1.31. The number of nitrogens with zero attached hydrogens (tertiary/aromatic N) is 6. The molecule has 6 rings (SSSR count). The van der Waals surface area contributed by atoms with Gasteiger partial charge in [-0.2, -0.15) is 5.10 Å². The number of hydrogen-bond donors (Lipinski definition) is 3. The van der Waals surface area contributed by atoms with Gasteiger partial charge in [0.2, 0.25) is 5.91 Å². The minimum Gasteiger partial charge on any atom is -0.340 e. The van der Waals surface area contributed by atoms with Gasteiger partial charge < -0.3 is 15.2 Å². The van der Waals surface area contributed by atoms with Crippen LogP contribution in [0, 0.1) is 18.7 Å². The molecule has 1 saturated heterocycles. The molecule has 11 heteroatoms. The van der Waals surface area contributed by atoms with Gasteiger partial charge in [0, 0.05) is 52.5 Å². The molecular weight excluding hydrogens is 533 g/mol. The first-order valence-corrected chi connectivity index (χ1v) is 13.7. The zero-order chi connectivity index (χ0) is 29.2. The number of imidazole rings is 1. The molecule has 0 bridgehead atoms. The van der Waals surface area contributed by atoms with Gasteiger partial charge in [-0.1, -0.05) is 18.2 Å². The molecule has 42 heavy (non-hydrogen) atoms. The Morgan fingerprint density at radius 2 is 1.95 bits per heavy atom. The van der Waals surface area contributed by atoms with Crippen LogP contribution in [0.25, 0.3) is 39.3 Å². The summed E-state index contributed by atoms with van der Waals surface area (Å²) in [6.45, 7) is 7.24. The predicted molar refractivity (Wildman–Crippen MR) is 161 cm³/mol. The number of carbonyl (C=O) groups is 1. The van der Waals surface area contributed by atoms with Crippen molar-refractivity contribution < 1.29 is 9.18 Å². The summed E-state index contributed by atoms with van der Waals surface area (Å²) in [5.41, 5.74) is 5.54. The smallest absolute Gasteiger partial charge is 0.227 e. The third-order valence-electron chi connectivity index (χ3n) is 7.59. The highest BCUT2D eigenvalue weighted by atomic mass is 19.1. The Kier molecular flexibility index (Phi) is 7.41. The van der Waals surface area contributed by atoms with Crippen LogP contribution in [0.3, 0.4) is 0 Å². The fourth-order valence-electron chi connectivity index (χ4n) is 5.29. The standard InChI is InChI=1S/C31H30FN9O/c1-18-27(25(17-33-2)23-6-4-5-7-26(23)32)38-30(36-18)28-24-13-21(15-35-29(24)40-39-28)20-12-22(16-34-14-20)37-31(42)19-8-10-41(3)11-9-19/h4-7,12-17,19H,2,8-11H2,1,3H3,(H,36,38)(H,37,42)(H,35,39,40)/b25-17-. The Hall–Kier alpha value is -5.03. The van der Waals surface area contributed by atoms with Crippen molar-refractivity contribution in [2.45, 2.75) is 19.8 Å². The monoisotopic (exact) mass is 563 g/mol. The van der Waals surface area contributed by atoms with Crippen LogP contribution >= 0.6 is 0 Å². The third-order valence-corrected chi connectivity index (χ3v) is 7.59. The van der Waals surface area contributed by atoms with E-state index in [1.807, 2.05) is 19.1 Å². The molecule has 10 nitrogen and oxygen atoms in total. The molecule has 1 aliphatic heterocycles. The second-order valence-electron chi connectivity index (χ2n) is 10.5. The number of anilines is 1. The van der Waals surface area contributed by atoms with E-state index in [1.165, 1.54) is 12.3 Å². The number of aromatic amines is 2. The van der Waals surface area contributed by atoms with Crippen molar-refractivity contribution in [1.82, 2.24) is 35.0 Å². The molecule has 5 heterocycles. The van der Waals surface area contributed by atoms with E-state index in [2.05, 4.69) is 54.1 Å². The maximum absolute atomic E-state index is 14.7. The first-order chi connectivity index (χ1) is 20.4. The number of rotatable bonds is 7. The number of fused-ring (bicyclic) bond motifs is 1. The molecule has 0 unspecified atom stereocenters. The van der Waals surface area contributed by atoms with Crippen molar-refractivity contribution in [3.63, 3.8) is 0 Å². The highest BCUT2D eigenvalue weighted by molar-refractivity contribution is 5.94. The average Bonchev–Trinajstić information content (AvgIpc) is 3.59. The minimum absolute atomic E-state index is 0.00555. The SMILES string of the molecule is C=N/C=C(/c1ccccc1F)c1nc(-c2n[nH]c3ncc(-c4cncc(NC(=O)C5CCN(C)CC5)c4)cc23)[nH]c1C. The molecule has 0 saturated carbocycles. The number of nitrogens with one attached hydrogen (secondary N) is 3. The average molecular weight is 564 g/mol. The van der Waals surface area contributed by atoms with Crippen LogP contribution in [0.1, 0.15) is 29.8 Å².